The normalized spacial score (nSPS) is 12.7. The molecule has 0 saturated carbocycles. The van der Waals surface area contributed by atoms with Crippen molar-refractivity contribution in [3.8, 4) is 11.5 Å². The maximum Gasteiger partial charge on any atom is 0.245 e. The summed E-state index contributed by atoms with van der Waals surface area (Å²) in [4.78, 5) is 12.7. The highest BCUT2D eigenvalue weighted by Gasteiger charge is 2.29. The highest BCUT2D eigenvalue weighted by Crippen LogP contribution is 2.34. The first-order valence-electron chi connectivity index (χ1n) is 10.0. The van der Waals surface area contributed by atoms with Gasteiger partial charge in [-0.05, 0) is 42.3 Å². The van der Waals surface area contributed by atoms with Crippen molar-refractivity contribution in [2.75, 3.05) is 25.2 Å². The number of sulfonamides is 1. The average molecular weight is 507 g/mol. The van der Waals surface area contributed by atoms with Crippen LogP contribution in [0, 0.1) is 0 Å². The minimum atomic E-state index is -4.11. The zero-order valence-electron chi connectivity index (χ0n) is 17.3. The zero-order chi connectivity index (χ0) is 23.4. The van der Waals surface area contributed by atoms with E-state index in [0.29, 0.717) is 23.6 Å². The smallest absolute Gasteiger partial charge is 0.245 e. The molecule has 0 aromatic heterocycles. The van der Waals surface area contributed by atoms with Gasteiger partial charge in [0.15, 0.2) is 11.5 Å². The lowest BCUT2D eigenvalue weighted by atomic mass is 10.1. The summed E-state index contributed by atoms with van der Waals surface area (Å²) in [6.45, 7) is -0.227. The van der Waals surface area contributed by atoms with Gasteiger partial charge in [-0.1, -0.05) is 53.5 Å². The van der Waals surface area contributed by atoms with Gasteiger partial charge in [-0.15, -0.1) is 0 Å². The van der Waals surface area contributed by atoms with E-state index < -0.39 is 22.5 Å². The van der Waals surface area contributed by atoms with Crippen molar-refractivity contribution in [2.24, 2.45) is 0 Å². The van der Waals surface area contributed by atoms with Gasteiger partial charge in [0.1, 0.15) is 4.90 Å². The molecule has 0 radical (unpaired) electrons. The fraction of sp³-hybridized carbons (Fsp3) is 0.174. The molecule has 1 heterocycles. The molecule has 172 valence electrons. The Morgan fingerprint density at radius 3 is 2.52 bits per heavy atom. The molecule has 0 spiro atoms. The third-order valence-corrected chi connectivity index (χ3v) is 7.54. The van der Waals surface area contributed by atoms with Crippen molar-refractivity contribution in [1.29, 1.82) is 0 Å². The van der Waals surface area contributed by atoms with E-state index in [0.717, 1.165) is 9.87 Å². The minimum absolute atomic E-state index is 0.0280. The van der Waals surface area contributed by atoms with Gasteiger partial charge in [-0.2, -0.15) is 4.31 Å². The minimum Gasteiger partial charge on any atom is -0.454 e. The molecule has 10 heteroatoms. The number of carbonyl (C=O) groups is 1. The Hall–Kier alpha value is -2.78. The summed E-state index contributed by atoms with van der Waals surface area (Å²) in [6, 6.07) is 18.6. The van der Waals surface area contributed by atoms with E-state index in [4.69, 9.17) is 32.7 Å². The zero-order valence-corrected chi connectivity index (χ0v) is 19.7. The third-order valence-electron chi connectivity index (χ3n) is 4.98. The lowest BCUT2D eigenvalue weighted by Crippen LogP contribution is -2.39. The lowest BCUT2D eigenvalue weighted by Gasteiger charge is -2.22. The van der Waals surface area contributed by atoms with Crippen LogP contribution in [-0.2, 0) is 21.2 Å². The number of carbonyl (C=O) groups excluding carboxylic acids is 1. The highest BCUT2D eigenvalue weighted by molar-refractivity contribution is 7.89. The molecule has 0 aliphatic carbocycles. The maximum absolute atomic E-state index is 13.4. The quantitative estimate of drug-likeness (QED) is 0.482. The number of hydrogen-bond donors (Lipinski definition) is 1. The van der Waals surface area contributed by atoms with Gasteiger partial charge in [0.2, 0.25) is 22.7 Å². The molecule has 3 aromatic carbocycles. The number of rotatable bonds is 8. The summed E-state index contributed by atoms with van der Waals surface area (Å²) < 4.78 is 38.6. The van der Waals surface area contributed by atoms with Crippen LogP contribution in [0.3, 0.4) is 0 Å². The van der Waals surface area contributed by atoms with Crippen LogP contribution in [0.1, 0.15) is 5.56 Å². The van der Waals surface area contributed by atoms with Crippen LogP contribution in [0.15, 0.2) is 71.6 Å². The molecule has 7 nitrogen and oxygen atoms in total. The highest BCUT2D eigenvalue weighted by atomic mass is 35.5. The van der Waals surface area contributed by atoms with Gasteiger partial charge in [-0.25, -0.2) is 8.42 Å². The lowest BCUT2D eigenvalue weighted by molar-refractivity contribution is -0.116. The van der Waals surface area contributed by atoms with Gasteiger partial charge in [0.25, 0.3) is 0 Å². The number of benzene rings is 3. The average Bonchev–Trinajstić information content (AvgIpc) is 3.26. The maximum atomic E-state index is 13.4. The summed E-state index contributed by atoms with van der Waals surface area (Å²) in [5, 5.41) is 2.97. The molecule has 1 aliphatic rings. The molecule has 33 heavy (non-hydrogen) atoms. The van der Waals surface area contributed by atoms with Crippen LogP contribution in [0.5, 0.6) is 11.5 Å². The van der Waals surface area contributed by atoms with Crippen molar-refractivity contribution < 1.29 is 22.7 Å². The van der Waals surface area contributed by atoms with Crippen molar-refractivity contribution in [2.45, 2.75) is 11.3 Å². The molecule has 0 bridgehead atoms. The van der Waals surface area contributed by atoms with Crippen molar-refractivity contribution in [3.05, 3.63) is 82.3 Å². The predicted octanol–water partition coefficient (Wildman–Crippen LogP) is 4.59. The number of anilines is 1. The van der Waals surface area contributed by atoms with Gasteiger partial charge in [0.05, 0.1) is 11.6 Å². The second kappa shape index (κ2) is 10.0. The number of nitrogens with one attached hydrogen (secondary N) is 1. The molecular formula is C23H20Cl2N2O5S. The second-order valence-corrected chi connectivity index (χ2v) is 10.0. The summed E-state index contributed by atoms with van der Waals surface area (Å²) in [7, 11) is -4.11. The van der Waals surface area contributed by atoms with E-state index in [-0.39, 0.29) is 28.3 Å². The standard InChI is InChI=1S/C23H20Cl2N2O5S/c24-17-6-8-19(25)22(12-17)33(29,30)27(11-10-16-4-2-1-3-5-16)14-23(28)26-18-7-9-20-21(13-18)32-15-31-20/h1-9,12-13H,10-11,14-15H2,(H,26,28). The van der Waals surface area contributed by atoms with Gasteiger partial charge < -0.3 is 14.8 Å². The first-order chi connectivity index (χ1) is 15.8. The Morgan fingerprint density at radius 2 is 1.73 bits per heavy atom. The Kier molecular flexibility index (Phi) is 7.09. The van der Waals surface area contributed by atoms with Gasteiger partial charge >= 0.3 is 0 Å². The van der Waals surface area contributed by atoms with E-state index in [1.54, 1.807) is 18.2 Å². The van der Waals surface area contributed by atoms with Crippen molar-refractivity contribution in [1.82, 2.24) is 4.31 Å². The van der Waals surface area contributed by atoms with Crippen molar-refractivity contribution >= 4 is 44.8 Å². The molecule has 0 unspecified atom stereocenters. The fourth-order valence-electron chi connectivity index (χ4n) is 3.33. The Bertz CT molecular complexity index is 1270. The van der Waals surface area contributed by atoms with Crippen LogP contribution >= 0.6 is 23.2 Å². The molecule has 0 saturated heterocycles. The van der Waals surface area contributed by atoms with E-state index in [2.05, 4.69) is 5.32 Å². The molecule has 0 fully saturated rings. The topological polar surface area (TPSA) is 84.9 Å². The second-order valence-electron chi connectivity index (χ2n) is 7.27. The molecule has 1 N–H and O–H groups in total. The molecular weight excluding hydrogens is 487 g/mol. The van der Waals surface area contributed by atoms with E-state index in [9.17, 15) is 13.2 Å². The SMILES string of the molecule is O=C(CN(CCc1ccccc1)S(=O)(=O)c1cc(Cl)ccc1Cl)Nc1ccc2c(c1)OCO2. The van der Waals surface area contributed by atoms with Crippen LogP contribution in [0.2, 0.25) is 10.0 Å². The molecule has 4 rings (SSSR count). The Labute approximate surface area is 201 Å². The number of amides is 1. The van der Waals surface area contributed by atoms with Crippen LogP contribution in [0.4, 0.5) is 5.69 Å². The Morgan fingerprint density at radius 1 is 0.970 bits per heavy atom. The predicted molar refractivity (Wildman–Crippen MR) is 127 cm³/mol. The number of nitrogens with zero attached hydrogens (tertiary/aromatic N) is 1. The number of fused-ring (bicyclic) bond motifs is 1. The summed E-state index contributed by atoms with van der Waals surface area (Å²) in [6.07, 6.45) is 0.412. The summed E-state index contributed by atoms with van der Waals surface area (Å²) >= 11 is 12.2. The molecule has 1 aliphatic heterocycles. The number of ether oxygens (including phenoxy) is 2. The van der Waals surface area contributed by atoms with E-state index in [1.807, 2.05) is 30.3 Å². The van der Waals surface area contributed by atoms with E-state index in [1.165, 1.54) is 18.2 Å². The first-order valence-corrected chi connectivity index (χ1v) is 12.2. The first kappa shape index (κ1) is 23.4. The molecule has 3 aromatic rings. The summed E-state index contributed by atoms with van der Waals surface area (Å²) in [5.41, 5.74) is 1.40. The van der Waals surface area contributed by atoms with Gasteiger partial charge in [-0.3, -0.25) is 4.79 Å². The van der Waals surface area contributed by atoms with Crippen LogP contribution in [0.25, 0.3) is 0 Å². The number of halogens is 2. The van der Waals surface area contributed by atoms with Crippen molar-refractivity contribution in [3.63, 3.8) is 0 Å². The summed E-state index contributed by atoms with van der Waals surface area (Å²) in [5.74, 6) is 0.575. The van der Waals surface area contributed by atoms with Gasteiger partial charge in [0, 0.05) is 23.3 Å². The van der Waals surface area contributed by atoms with Crippen LogP contribution in [-0.4, -0.2) is 38.5 Å². The Balaban J connectivity index is 1.56. The number of hydrogen-bond acceptors (Lipinski definition) is 5. The molecule has 0 atom stereocenters. The molecule has 1 amide bonds. The fourth-order valence-corrected chi connectivity index (χ4v) is 5.47. The van der Waals surface area contributed by atoms with Crippen LogP contribution < -0.4 is 14.8 Å². The third kappa shape index (κ3) is 5.59. The monoisotopic (exact) mass is 506 g/mol. The van der Waals surface area contributed by atoms with E-state index >= 15 is 0 Å². The largest absolute Gasteiger partial charge is 0.454 e.